The first-order chi connectivity index (χ1) is 18.4. The standard InChI is InChI=1S/C29H26Cl2FNO6/c1-28(2,37)18-13-22-24(23(32)14-18)29(39-21-11-12-38-15-21,17-5-9-20(31)10-6-17)33(26(22)34)25(27(35)36)16-3-7-19(30)8-4-16/h3-10,13-14,21,25,37H,11-12,15H2,1-2H3,(H,35,36)/t21-,25?,29+/m0/s1. The van der Waals surface area contributed by atoms with Crippen molar-refractivity contribution in [1.29, 1.82) is 0 Å². The lowest BCUT2D eigenvalue weighted by Gasteiger charge is -2.43. The number of carbonyl (C=O) groups is 2. The van der Waals surface area contributed by atoms with E-state index in [1.807, 2.05) is 0 Å². The SMILES string of the molecule is CC(C)(O)c1cc(F)c2c(c1)C(=O)N(C(C(=O)O)c1ccc(Cl)cc1)[C@@]2(O[C@H]1CCOC1)c1ccc(Cl)cc1. The van der Waals surface area contributed by atoms with Gasteiger partial charge in [-0.25, -0.2) is 9.18 Å². The fraction of sp³-hybridized carbons (Fsp3) is 0.310. The Morgan fingerprint density at radius 3 is 2.28 bits per heavy atom. The van der Waals surface area contributed by atoms with Gasteiger partial charge in [0, 0.05) is 22.2 Å². The van der Waals surface area contributed by atoms with Crippen molar-refractivity contribution in [3.05, 3.63) is 104 Å². The van der Waals surface area contributed by atoms with E-state index in [9.17, 15) is 19.8 Å². The number of nitrogens with zero attached hydrogens (tertiary/aromatic N) is 1. The van der Waals surface area contributed by atoms with Crippen molar-refractivity contribution in [3.63, 3.8) is 0 Å². The molecule has 39 heavy (non-hydrogen) atoms. The van der Waals surface area contributed by atoms with E-state index in [0.29, 0.717) is 28.6 Å². The molecule has 0 aliphatic carbocycles. The molecule has 2 aliphatic heterocycles. The summed E-state index contributed by atoms with van der Waals surface area (Å²) in [5, 5.41) is 21.9. The average Bonchev–Trinajstić information content (AvgIpc) is 3.46. The second-order valence-electron chi connectivity index (χ2n) is 10.2. The van der Waals surface area contributed by atoms with Gasteiger partial charge in [-0.1, -0.05) is 47.5 Å². The molecule has 2 aliphatic rings. The van der Waals surface area contributed by atoms with E-state index in [1.54, 1.807) is 24.3 Å². The van der Waals surface area contributed by atoms with Gasteiger partial charge in [-0.15, -0.1) is 0 Å². The van der Waals surface area contributed by atoms with Gasteiger partial charge in [0.25, 0.3) is 5.91 Å². The van der Waals surface area contributed by atoms with Gasteiger partial charge in [0.05, 0.1) is 29.4 Å². The van der Waals surface area contributed by atoms with Crippen LogP contribution in [0.2, 0.25) is 10.0 Å². The Morgan fingerprint density at radius 1 is 1.13 bits per heavy atom. The van der Waals surface area contributed by atoms with Crippen molar-refractivity contribution < 1.29 is 33.7 Å². The summed E-state index contributed by atoms with van der Waals surface area (Å²) < 4.78 is 28.4. The quantitative estimate of drug-likeness (QED) is 0.379. The lowest BCUT2D eigenvalue weighted by molar-refractivity contribution is -0.173. The van der Waals surface area contributed by atoms with Gasteiger partial charge >= 0.3 is 5.97 Å². The van der Waals surface area contributed by atoms with Crippen LogP contribution in [0.5, 0.6) is 0 Å². The Labute approximate surface area is 234 Å². The molecular weight excluding hydrogens is 548 g/mol. The van der Waals surface area contributed by atoms with Crippen LogP contribution < -0.4 is 0 Å². The number of fused-ring (bicyclic) bond motifs is 1. The van der Waals surface area contributed by atoms with E-state index in [-0.39, 0.29) is 28.9 Å². The number of ether oxygens (including phenoxy) is 2. The Morgan fingerprint density at radius 2 is 1.74 bits per heavy atom. The summed E-state index contributed by atoms with van der Waals surface area (Å²) in [4.78, 5) is 28.3. The topological polar surface area (TPSA) is 96.3 Å². The third-order valence-electron chi connectivity index (χ3n) is 7.06. The minimum Gasteiger partial charge on any atom is -0.479 e. The zero-order valence-corrected chi connectivity index (χ0v) is 22.7. The van der Waals surface area contributed by atoms with Gasteiger partial charge in [-0.05, 0) is 67.8 Å². The molecule has 5 rings (SSSR count). The van der Waals surface area contributed by atoms with Crippen LogP contribution in [0.15, 0.2) is 60.7 Å². The second kappa shape index (κ2) is 10.2. The number of halogens is 3. The largest absolute Gasteiger partial charge is 0.479 e. The molecule has 0 bridgehead atoms. The summed E-state index contributed by atoms with van der Waals surface area (Å²) >= 11 is 12.2. The predicted octanol–water partition coefficient (Wildman–Crippen LogP) is 5.65. The van der Waals surface area contributed by atoms with Gasteiger partial charge in [-0.3, -0.25) is 9.69 Å². The van der Waals surface area contributed by atoms with E-state index < -0.39 is 41.2 Å². The molecule has 10 heteroatoms. The van der Waals surface area contributed by atoms with Crippen LogP contribution in [0.25, 0.3) is 0 Å². The summed E-state index contributed by atoms with van der Waals surface area (Å²) in [6.07, 6.45) is -0.121. The van der Waals surface area contributed by atoms with Gasteiger partial charge in [0.1, 0.15) is 5.82 Å². The van der Waals surface area contributed by atoms with Crippen molar-refractivity contribution in [2.45, 2.75) is 43.7 Å². The predicted molar refractivity (Wildman–Crippen MR) is 142 cm³/mol. The van der Waals surface area contributed by atoms with Crippen molar-refractivity contribution in [1.82, 2.24) is 4.90 Å². The first-order valence-electron chi connectivity index (χ1n) is 12.3. The molecule has 1 amide bonds. The normalized spacial score (nSPS) is 21.7. The third-order valence-corrected chi connectivity index (χ3v) is 7.57. The van der Waals surface area contributed by atoms with Crippen molar-refractivity contribution >= 4 is 35.1 Å². The van der Waals surface area contributed by atoms with Gasteiger partial charge < -0.3 is 19.7 Å². The van der Waals surface area contributed by atoms with Crippen LogP contribution in [0, 0.1) is 5.82 Å². The number of benzene rings is 3. The molecule has 3 aromatic carbocycles. The first-order valence-corrected chi connectivity index (χ1v) is 13.1. The van der Waals surface area contributed by atoms with E-state index in [2.05, 4.69) is 0 Å². The number of aliphatic carboxylic acids is 1. The van der Waals surface area contributed by atoms with Gasteiger partial charge in [0.2, 0.25) is 5.72 Å². The molecule has 7 nitrogen and oxygen atoms in total. The Balaban J connectivity index is 1.85. The summed E-state index contributed by atoms with van der Waals surface area (Å²) in [6, 6.07) is 13.3. The highest BCUT2D eigenvalue weighted by atomic mass is 35.5. The van der Waals surface area contributed by atoms with Crippen molar-refractivity contribution in [2.75, 3.05) is 13.2 Å². The monoisotopic (exact) mass is 573 g/mol. The molecule has 3 aromatic rings. The van der Waals surface area contributed by atoms with Gasteiger partial charge in [0.15, 0.2) is 6.04 Å². The van der Waals surface area contributed by atoms with Crippen LogP contribution in [-0.2, 0) is 25.6 Å². The highest BCUT2D eigenvalue weighted by Gasteiger charge is 2.59. The summed E-state index contributed by atoms with van der Waals surface area (Å²) in [6.45, 7) is 3.51. The van der Waals surface area contributed by atoms with Crippen LogP contribution in [0.3, 0.4) is 0 Å². The van der Waals surface area contributed by atoms with Crippen LogP contribution in [-0.4, -0.2) is 46.3 Å². The van der Waals surface area contributed by atoms with Crippen LogP contribution in [0.1, 0.15) is 58.9 Å². The number of amides is 1. The number of carboxylic acids is 1. The molecule has 0 aromatic heterocycles. The van der Waals surface area contributed by atoms with E-state index in [1.165, 1.54) is 44.2 Å². The molecule has 2 N–H and O–H groups in total. The van der Waals surface area contributed by atoms with Gasteiger partial charge in [-0.2, -0.15) is 0 Å². The second-order valence-corrected chi connectivity index (χ2v) is 11.0. The number of rotatable bonds is 7. The smallest absolute Gasteiger partial charge is 0.331 e. The molecule has 0 saturated carbocycles. The van der Waals surface area contributed by atoms with Crippen molar-refractivity contribution in [3.8, 4) is 0 Å². The number of hydrogen-bond acceptors (Lipinski definition) is 5. The average molecular weight is 574 g/mol. The number of hydrogen-bond donors (Lipinski definition) is 2. The maximum absolute atomic E-state index is 16.3. The summed E-state index contributed by atoms with van der Waals surface area (Å²) in [5.74, 6) is -2.95. The Kier molecular flexibility index (Phi) is 7.20. The fourth-order valence-electron chi connectivity index (χ4n) is 5.20. The zero-order valence-electron chi connectivity index (χ0n) is 21.2. The third kappa shape index (κ3) is 4.81. The molecule has 1 saturated heterocycles. The van der Waals surface area contributed by atoms with E-state index in [4.69, 9.17) is 32.7 Å². The maximum atomic E-state index is 16.3. The number of aliphatic hydroxyl groups is 1. The summed E-state index contributed by atoms with van der Waals surface area (Å²) in [7, 11) is 0. The Hall–Kier alpha value is -3.01. The van der Waals surface area contributed by atoms with Crippen LogP contribution in [0.4, 0.5) is 4.39 Å². The van der Waals surface area contributed by atoms with E-state index >= 15 is 4.39 Å². The lowest BCUT2D eigenvalue weighted by atomic mass is 9.88. The minimum atomic E-state index is -2.00. The molecular formula is C29H26Cl2FNO6. The molecule has 0 spiro atoms. The number of carbonyl (C=O) groups excluding carboxylic acids is 1. The zero-order chi connectivity index (χ0) is 28.1. The molecule has 204 valence electrons. The molecule has 1 fully saturated rings. The van der Waals surface area contributed by atoms with E-state index in [0.717, 1.165) is 11.0 Å². The minimum absolute atomic E-state index is 0.110. The molecule has 2 heterocycles. The fourth-order valence-corrected chi connectivity index (χ4v) is 5.45. The first kappa shape index (κ1) is 27.6. The highest BCUT2D eigenvalue weighted by Crippen LogP contribution is 2.52. The molecule has 0 radical (unpaired) electrons. The molecule has 3 atom stereocenters. The number of carboxylic acid groups (broad SMARTS) is 1. The maximum Gasteiger partial charge on any atom is 0.331 e. The highest BCUT2D eigenvalue weighted by molar-refractivity contribution is 6.30. The molecule has 1 unspecified atom stereocenters. The Bertz CT molecular complexity index is 1420. The van der Waals surface area contributed by atoms with Crippen molar-refractivity contribution in [2.24, 2.45) is 0 Å². The summed E-state index contributed by atoms with van der Waals surface area (Å²) in [5.41, 5.74) is -3.03. The van der Waals surface area contributed by atoms with Crippen LogP contribution >= 0.6 is 23.2 Å². The lowest BCUT2D eigenvalue weighted by Crippen LogP contribution is -2.52.